The molecule has 0 unspecified atom stereocenters. The highest BCUT2D eigenvalue weighted by Gasteiger charge is 2.25. The third-order valence-electron chi connectivity index (χ3n) is 3.85. The summed E-state index contributed by atoms with van der Waals surface area (Å²) in [5.74, 6) is -0.0299. The number of hydrogen-bond donors (Lipinski definition) is 2. The Morgan fingerprint density at radius 3 is 2.57 bits per heavy atom. The molecule has 1 fully saturated rings. The Morgan fingerprint density at radius 2 is 2.05 bits per heavy atom. The van der Waals surface area contributed by atoms with Gasteiger partial charge in [0, 0.05) is 6.54 Å². The first-order valence-electron chi connectivity index (χ1n) is 6.82. The van der Waals surface area contributed by atoms with Crippen molar-refractivity contribution in [1.29, 1.82) is 0 Å². The first-order valence-corrected chi connectivity index (χ1v) is 9.91. The summed E-state index contributed by atoms with van der Waals surface area (Å²) in [6, 6.07) is 1.20. The molecule has 2 rings (SSSR count). The summed E-state index contributed by atoms with van der Waals surface area (Å²) in [5.41, 5.74) is 0. The van der Waals surface area contributed by atoms with Crippen LogP contribution in [0.2, 0.25) is 0 Å². The number of carboxylic acids is 1. The molecule has 0 aromatic carbocycles. The molecule has 0 atom stereocenters. The fourth-order valence-electron chi connectivity index (χ4n) is 2.48. The summed E-state index contributed by atoms with van der Waals surface area (Å²) < 4.78 is 27.5. The van der Waals surface area contributed by atoms with E-state index in [1.165, 1.54) is 6.07 Å². The van der Waals surface area contributed by atoms with Gasteiger partial charge in [-0.15, -0.1) is 11.3 Å². The topological polar surface area (TPSA) is 83.5 Å². The van der Waals surface area contributed by atoms with Crippen molar-refractivity contribution >= 4 is 43.3 Å². The summed E-state index contributed by atoms with van der Waals surface area (Å²) in [7, 11) is -3.67. The zero-order chi connectivity index (χ0) is 15.6. The Hall–Kier alpha value is -0.440. The van der Waals surface area contributed by atoms with E-state index in [4.69, 9.17) is 5.11 Å². The van der Waals surface area contributed by atoms with E-state index in [0.717, 1.165) is 42.9 Å². The Morgan fingerprint density at radius 1 is 1.43 bits per heavy atom. The molecule has 0 amide bonds. The molecular formula is C13H18BrNO4S2. The Balaban J connectivity index is 2.03. The summed E-state index contributed by atoms with van der Waals surface area (Å²) in [4.78, 5) is 10.9. The van der Waals surface area contributed by atoms with Crippen molar-refractivity contribution in [2.45, 2.75) is 37.5 Å². The van der Waals surface area contributed by atoms with Gasteiger partial charge >= 0.3 is 5.97 Å². The molecule has 1 aliphatic rings. The largest absolute Gasteiger partial charge is 0.477 e. The van der Waals surface area contributed by atoms with Gasteiger partial charge in [0.15, 0.2) is 0 Å². The highest BCUT2D eigenvalue weighted by atomic mass is 79.9. The first kappa shape index (κ1) is 16.9. The van der Waals surface area contributed by atoms with Crippen molar-refractivity contribution in [3.63, 3.8) is 0 Å². The standard InChI is InChI=1S/C13H18BrNO4S2/c1-8-2-4-9(5-3-8)7-15-21(18,19)11-6-10(13(16)17)20-12(11)14/h6,8-9,15H,2-5,7H2,1H3,(H,16,17). The molecular weight excluding hydrogens is 378 g/mol. The van der Waals surface area contributed by atoms with Gasteiger partial charge in [0.1, 0.15) is 9.77 Å². The molecule has 5 nitrogen and oxygen atoms in total. The zero-order valence-electron chi connectivity index (χ0n) is 11.6. The summed E-state index contributed by atoms with van der Waals surface area (Å²) >= 11 is 4.04. The fraction of sp³-hybridized carbons (Fsp3) is 0.615. The fourth-order valence-corrected chi connectivity index (χ4v) is 6.00. The van der Waals surface area contributed by atoms with Gasteiger partial charge in [-0.3, -0.25) is 0 Å². The second kappa shape index (κ2) is 6.76. The minimum Gasteiger partial charge on any atom is -0.477 e. The summed E-state index contributed by atoms with van der Waals surface area (Å²) in [6.45, 7) is 2.63. The lowest BCUT2D eigenvalue weighted by molar-refractivity contribution is 0.0702. The van der Waals surface area contributed by atoms with E-state index in [2.05, 4.69) is 27.6 Å². The Bertz CT molecular complexity index is 618. The quantitative estimate of drug-likeness (QED) is 0.800. The number of carbonyl (C=O) groups is 1. The molecule has 0 radical (unpaired) electrons. The van der Waals surface area contributed by atoms with Gasteiger partial charge < -0.3 is 5.11 Å². The van der Waals surface area contributed by atoms with Gasteiger partial charge in [-0.05, 0) is 46.7 Å². The van der Waals surface area contributed by atoms with Crippen LogP contribution < -0.4 is 4.72 Å². The zero-order valence-corrected chi connectivity index (χ0v) is 14.9. The van der Waals surface area contributed by atoms with Crippen molar-refractivity contribution in [3.8, 4) is 0 Å². The number of nitrogens with one attached hydrogen (secondary N) is 1. The van der Waals surface area contributed by atoms with E-state index in [9.17, 15) is 13.2 Å². The van der Waals surface area contributed by atoms with Crippen LogP contribution in [0.1, 0.15) is 42.3 Å². The molecule has 1 aromatic heterocycles. The number of hydrogen-bond acceptors (Lipinski definition) is 4. The molecule has 0 spiro atoms. The van der Waals surface area contributed by atoms with E-state index in [0.29, 0.717) is 16.2 Å². The van der Waals surface area contributed by atoms with Crippen LogP contribution >= 0.6 is 27.3 Å². The molecule has 1 saturated carbocycles. The van der Waals surface area contributed by atoms with Crippen LogP contribution in [0.3, 0.4) is 0 Å². The van der Waals surface area contributed by atoms with Crippen molar-refractivity contribution in [3.05, 3.63) is 14.7 Å². The highest BCUT2D eigenvalue weighted by molar-refractivity contribution is 9.11. The van der Waals surface area contributed by atoms with Gasteiger partial charge in [-0.2, -0.15) is 0 Å². The van der Waals surface area contributed by atoms with Crippen LogP contribution in [-0.4, -0.2) is 26.0 Å². The van der Waals surface area contributed by atoms with E-state index in [1.807, 2.05) is 0 Å². The lowest BCUT2D eigenvalue weighted by Gasteiger charge is -2.26. The maximum Gasteiger partial charge on any atom is 0.345 e. The van der Waals surface area contributed by atoms with Gasteiger partial charge in [-0.25, -0.2) is 17.9 Å². The molecule has 2 N–H and O–H groups in total. The van der Waals surface area contributed by atoms with Crippen LogP contribution in [0.25, 0.3) is 0 Å². The SMILES string of the molecule is CC1CCC(CNS(=O)(=O)c2cc(C(=O)O)sc2Br)CC1. The Labute approximate surface area is 136 Å². The molecule has 0 aliphatic heterocycles. The van der Waals surface area contributed by atoms with Gasteiger partial charge in [0.25, 0.3) is 0 Å². The van der Waals surface area contributed by atoms with Gasteiger partial charge in [0.2, 0.25) is 10.0 Å². The molecule has 1 aromatic rings. The predicted molar refractivity (Wildman–Crippen MR) is 85.3 cm³/mol. The number of sulfonamides is 1. The minimum absolute atomic E-state index is 0.00809. The third kappa shape index (κ3) is 4.28. The van der Waals surface area contributed by atoms with E-state index in [1.54, 1.807) is 0 Å². The minimum atomic E-state index is -3.67. The Kier molecular flexibility index (Phi) is 5.45. The number of aromatic carboxylic acids is 1. The molecule has 21 heavy (non-hydrogen) atoms. The predicted octanol–water partition coefficient (Wildman–Crippen LogP) is 3.31. The van der Waals surface area contributed by atoms with Gasteiger partial charge in [0.05, 0.1) is 3.79 Å². The maximum absolute atomic E-state index is 12.3. The van der Waals surface area contributed by atoms with Crippen LogP contribution in [0, 0.1) is 11.8 Å². The monoisotopic (exact) mass is 395 g/mol. The third-order valence-corrected chi connectivity index (χ3v) is 7.52. The highest BCUT2D eigenvalue weighted by Crippen LogP contribution is 2.32. The average Bonchev–Trinajstić information content (AvgIpc) is 2.81. The molecule has 118 valence electrons. The lowest BCUT2D eigenvalue weighted by atomic mass is 9.83. The average molecular weight is 396 g/mol. The smallest absolute Gasteiger partial charge is 0.345 e. The van der Waals surface area contributed by atoms with Gasteiger partial charge in [-0.1, -0.05) is 19.8 Å². The summed E-state index contributed by atoms with van der Waals surface area (Å²) in [5, 5.41) is 8.92. The van der Waals surface area contributed by atoms with E-state index in [-0.39, 0.29) is 9.77 Å². The van der Waals surface area contributed by atoms with Crippen molar-refractivity contribution in [2.24, 2.45) is 11.8 Å². The molecule has 0 bridgehead atoms. The molecule has 8 heteroatoms. The van der Waals surface area contributed by atoms with E-state index < -0.39 is 16.0 Å². The van der Waals surface area contributed by atoms with Crippen LogP contribution in [0.5, 0.6) is 0 Å². The molecule has 1 aliphatic carbocycles. The van der Waals surface area contributed by atoms with Crippen molar-refractivity contribution in [1.82, 2.24) is 4.72 Å². The lowest BCUT2D eigenvalue weighted by Crippen LogP contribution is -2.31. The van der Waals surface area contributed by atoms with Crippen molar-refractivity contribution < 1.29 is 18.3 Å². The van der Waals surface area contributed by atoms with Crippen LogP contribution in [0.15, 0.2) is 14.7 Å². The van der Waals surface area contributed by atoms with Crippen molar-refractivity contribution in [2.75, 3.05) is 6.54 Å². The molecule has 1 heterocycles. The maximum atomic E-state index is 12.3. The number of thiophene rings is 1. The number of halogens is 1. The van der Waals surface area contributed by atoms with Crippen LogP contribution in [-0.2, 0) is 10.0 Å². The van der Waals surface area contributed by atoms with Crippen LogP contribution in [0.4, 0.5) is 0 Å². The molecule has 0 saturated heterocycles. The second-order valence-corrected chi connectivity index (χ2v) is 9.64. The summed E-state index contributed by atoms with van der Waals surface area (Å²) in [6.07, 6.45) is 4.35. The van der Waals surface area contributed by atoms with E-state index >= 15 is 0 Å². The second-order valence-electron chi connectivity index (χ2n) is 5.53. The number of carboxylic acid groups (broad SMARTS) is 1. The number of rotatable bonds is 5. The first-order chi connectivity index (χ1) is 9.79. The normalized spacial score (nSPS) is 23.1.